The molecule has 0 bridgehead atoms. The molecule has 1 atom stereocenters. The van der Waals surface area contributed by atoms with E-state index in [2.05, 4.69) is 58.5 Å². The van der Waals surface area contributed by atoms with E-state index in [-0.39, 0.29) is 30.0 Å². The molecule has 1 aromatic carbocycles. The summed E-state index contributed by atoms with van der Waals surface area (Å²) in [6.45, 7) is 12.7. The van der Waals surface area contributed by atoms with E-state index in [4.69, 9.17) is 9.73 Å². The van der Waals surface area contributed by atoms with Crippen LogP contribution in [0.4, 0.5) is 5.69 Å². The van der Waals surface area contributed by atoms with Crippen LogP contribution in [-0.4, -0.2) is 70.4 Å². The summed E-state index contributed by atoms with van der Waals surface area (Å²) in [6.07, 6.45) is 5.06. The monoisotopic (exact) mass is 543 g/mol. The fraction of sp³-hybridized carbons (Fsp3) is 0.708. The van der Waals surface area contributed by atoms with Gasteiger partial charge in [0.25, 0.3) is 0 Å². The van der Waals surface area contributed by atoms with Crippen LogP contribution >= 0.6 is 24.0 Å². The van der Waals surface area contributed by atoms with E-state index in [1.807, 2.05) is 0 Å². The predicted octanol–water partition coefficient (Wildman–Crippen LogP) is 3.88. The molecule has 2 aliphatic heterocycles. The van der Waals surface area contributed by atoms with E-state index in [1.165, 1.54) is 50.0 Å². The Morgan fingerprint density at radius 3 is 2.61 bits per heavy atom. The van der Waals surface area contributed by atoms with Crippen molar-refractivity contribution in [3.63, 3.8) is 0 Å². The van der Waals surface area contributed by atoms with E-state index in [0.29, 0.717) is 5.92 Å². The Hall–Kier alpha value is -1.06. The highest BCUT2D eigenvalue weighted by Crippen LogP contribution is 2.24. The summed E-state index contributed by atoms with van der Waals surface area (Å²) in [5.74, 6) is 1.60. The van der Waals surface area contributed by atoms with Crippen molar-refractivity contribution in [1.29, 1.82) is 0 Å². The quantitative estimate of drug-likeness (QED) is 0.282. The second-order valence-electron chi connectivity index (χ2n) is 8.65. The summed E-state index contributed by atoms with van der Waals surface area (Å²) in [5.41, 5.74) is 2.66. The van der Waals surface area contributed by atoms with Crippen molar-refractivity contribution >= 4 is 35.6 Å². The first-order valence-electron chi connectivity index (χ1n) is 11.8. The Morgan fingerprint density at radius 1 is 1.19 bits per heavy atom. The molecule has 2 fully saturated rings. The molecule has 6 nitrogen and oxygen atoms in total. The number of piperidine rings is 1. The number of likely N-dealkylation sites (tertiary alicyclic amines) is 1. The normalized spacial score (nSPS) is 19.2. The summed E-state index contributed by atoms with van der Waals surface area (Å²) in [7, 11) is 1.78. The van der Waals surface area contributed by atoms with Gasteiger partial charge in [0.1, 0.15) is 0 Å². The summed E-state index contributed by atoms with van der Waals surface area (Å²) >= 11 is 0. The van der Waals surface area contributed by atoms with Crippen molar-refractivity contribution in [2.24, 2.45) is 10.9 Å². The van der Waals surface area contributed by atoms with E-state index in [0.717, 1.165) is 45.3 Å². The molecule has 31 heavy (non-hydrogen) atoms. The first-order valence-corrected chi connectivity index (χ1v) is 11.8. The molecule has 0 saturated carbocycles. The predicted molar refractivity (Wildman–Crippen MR) is 142 cm³/mol. The van der Waals surface area contributed by atoms with Crippen LogP contribution in [0.1, 0.15) is 51.1 Å². The van der Waals surface area contributed by atoms with Gasteiger partial charge in [-0.05, 0) is 76.2 Å². The molecule has 2 heterocycles. The summed E-state index contributed by atoms with van der Waals surface area (Å²) in [4.78, 5) is 9.93. The molecule has 0 spiro atoms. The van der Waals surface area contributed by atoms with Gasteiger partial charge in [-0.3, -0.25) is 4.99 Å². The van der Waals surface area contributed by atoms with E-state index < -0.39 is 0 Å². The summed E-state index contributed by atoms with van der Waals surface area (Å²) in [6, 6.07) is 9.20. The van der Waals surface area contributed by atoms with Gasteiger partial charge < -0.3 is 25.2 Å². The molecular formula is C24H42IN5O. The first kappa shape index (κ1) is 26.2. The topological polar surface area (TPSA) is 52.1 Å². The minimum Gasteiger partial charge on any atom is -0.383 e. The number of guanidine groups is 1. The van der Waals surface area contributed by atoms with Crippen molar-refractivity contribution in [3.05, 3.63) is 29.8 Å². The van der Waals surface area contributed by atoms with Crippen molar-refractivity contribution in [2.45, 2.75) is 45.6 Å². The van der Waals surface area contributed by atoms with Gasteiger partial charge in [0, 0.05) is 45.5 Å². The van der Waals surface area contributed by atoms with Crippen LogP contribution in [0.5, 0.6) is 0 Å². The van der Waals surface area contributed by atoms with Crippen LogP contribution < -0.4 is 15.5 Å². The first-order chi connectivity index (χ1) is 14.7. The minimum atomic E-state index is 0. The molecule has 0 radical (unpaired) electrons. The molecule has 2 N–H and O–H groups in total. The number of hydrogen-bond donors (Lipinski definition) is 2. The molecular weight excluding hydrogens is 501 g/mol. The number of anilines is 1. The van der Waals surface area contributed by atoms with E-state index >= 15 is 0 Å². The molecule has 0 amide bonds. The van der Waals surface area contributed by atoms with Crippen molar-refractivity contribution < 1.29 is 4.74 Å². The Labute approximate surface area is 206 Å². The standard InChI is InChI=1S/C24H41N5O.HI/c1-4-25-24(26-19-21-10-14-28(15-11-21)16-17-30-3)27-20(2)22-8-7-9-23(18-22)29-12-5-6-13-29;/h7-9,18,20-21H,4-6,10-17,19H2,1-3H3,(H2,25,26,27);1H. The lowest BCUT2D eigenvalue weighted by molar-refractivity contribution is 0.121. The van der Waals surface area contributed by atoms with Crippen molar-refractivity contribution in [1.82, 2.24) is 15.5 Å². The number of rotatable bonds is 9. The molecule has 7 heteroatoms. The zero-order valence-corrected chi connectivity index (χ0v) is 21.9. The summed E-state index contributed by atoms with van der Waals surface area (Å²) in [5, 5.41) is 7.05. The lowest BCUT2D eigenvalue weighted by atomic mass is 9.97. The zero-order chi connectivity index (χ0) is 21.2. The van der Waals surface area contributed by atoms with Crippen molar-refractivity contribution in [3.8, 4) is 0 Å². The molecule has 3 rings (SSSR count). The van der Waals surface area contributed by atoms with E-state index in [9.17, 15) is 0 Å². The number of nitrogens with zero attached hydrogens (tertiary/aromatic N) is 3. The molecule has 2 aliphatic rings. The smallest absolute Gasteiger partial charge is 0.191 e. The third-order valence-corrected chi connectivity index (χ3v) is 6.37. The van der Waals surface area contributed by atoms with Crippen molar-refractivity contribution in [2.75, 3.05) is 64.4 Å². The van der Waals surface area contributed by atoms with Crippen LogP contribution in [0, 0.1) is 5.92 Å². The molecule has 176 valence electrons. The number of aliphatic imine (C=N–C) groups is 1. The van der Waals surface area contributed by atoms with Gasteiger partial charge in [0.2, 0.25) is 0 Å². The number of ether oxygens (including phenoxy) is 1. The Kier molecular flexibility index (Phi) is 12.0. The maximum Gasteiger partial charge on any atom is 0.191 e. The van der Waals surface area contributed by atoms with Gasteiger partial charge in [-0.2, -0.15) is 0 Å². The molecule has 1 unspecified atom stereocenters. The van der Waals surface area contributed by atoms with E-state index in [1.54, 1.807) is 7.11 Å². The van der Waals surface area contributed by atoms with Gasteiger partial charge in [0.05, 0.1) is 12.6 Å². The van der Waals surface area contributed by atoms with Gasteiger partial charge in [-0.15, -0.1) is 24.0 Å². The maximum atomic E-state index is 5.20. The zero-order valence-electron chi connectivity index (χ0n) is 19.6. The maximum absolute atomic E-state index is 5.20. The van der Waals surface area contributed by atoms with Crippen LogP contribution in [0.2, 0.25) is 0 Å². The number of hydrogen-bond acceptors (Lipinski definition) is 4. The van der Waals surface area contributed by atoms with Crippen LogP contribution in [-0.2, 0) is 4.74 Å². The Balaban J connectivity index is 0.00000341. The highest BCUT2D eigenvalue weighted by atomic mass is 127. The fourth-order valence-corrected chi connectivity index (χ4v) is 4.41. The summed E-state index contributed by atoms with van der Waals surface area (Å²) < 4.78 is 5.20. The highest BCUT2D eigenvalue weighted by molar-refractivity contribution is 14.0. The number of nitrogens with one attached hydrogen (secondary N) is 2. The average Bonchev–Trinajstić information content (AvgIpc) is 3.32. The molecule has 2 saturated heterocycles. The Bertz CT molecular complexity index is 657. The van der Waals surface area contributed by atoms with Gasteiger partial charge >= 0.3 is 0 Å². The highest BCUT2D eigenvalue weighted by Gasteiger charge is 2.19. The second-order valence-corrected chi connectivity index (χ2v) is 8.65. The number of methoxy groups -OCH3 is 1. The SMILES string of the molecule is CCNC(=NCC1CCN(CCOC)CC1)NC(C)c1cccc(N2CCCC2)c1.I. The lowest BCUT2D eigenvalue weighted by Gasteiger charge is -2.31. The van der Waals surface area contributed by atoms with Gasteiger partial charge in [-0.25, -0.2) is 0 Å². The average molecular weight is 544 g/mol. The second kappa shape index (κ2) is 14.2. The van der Waals surface area contributed by atoms with Gasteiger partial charge in [-0.1, -0.05) is 12.1 Å². The van der Waals surface area contributed by atoms with Gasteiger partial charge in [0.15, 0.2) is 5.96 Å². The Morgan fingerprint density at radius 2 is 1.94 bits per heavy atom. The number of benzene rings is 1. The fourth-order valence-electron chi connectivity index (χ4n) is 4.41. The largest absolute Gasteiger partial charge is 0.383 e. The third kappa shape index (κ3) is 8.42. The number of halogens is 1. The lowest BCUT2D eigenvalue weighted by Crippen LogP contribution is -2.40. The molecule has 0 aromatic heterocycles. The minimum absolute atomic E-state index is 0. The molecule has 1 aromatic rings. The molecule has 0 aliphatic carbocycles. The van der Waals surface area contributed by atoms with Crippen LogP contribution in [0.15, 0.2) is 29.3 Å². The third-order valence-electron chi connectivity index (χ3n) is 6.37. The van der Waals surface area contributed by atoms with Crippen LogP contribution in [0.25, 0.3) is 0 Å². The van der Waals surface area contributed by atoms with Crippen LogP contribution in [0.3, 0.4) is 0 Å².